The number of fused-ring (bicyclic) bond motifs is 7. The van der Waals surface area contributed by atoms with Gasteiger partial charge in [-0.15, -0.1) is 0 Å². The molecule has 26 nitrogen and oxygen atoms in total. The van der Waals surface area contributed by atoms with Crippen molar-refractivity contribution in [2.45, 2.75) is 266 Å². The molecule has 0 aromatic rings. The van der Waals surface area contributed by atoms with Gasteiger partial charge in [0.25, 0.3) is 0 Å². The summed E-state index contributed by atoms with van der Waals surface area (Å²) in [5.41, 5.74) is -1.80. The Hall–Kier alpha value is -1.75. The fraction of sp³-hybridized carbons (Fsp3) is 0.949. The molecule has 0 bridgehead atoms. The standard InChI is InChI=1S/C59H96O26/c1-23(2)26-11-16-59(54(75)85-52-45(73)41(69)38(66)30(81-52)21-77-49-46(74)42(70)47(29(19-60)80-49)83-50-43(71)39(67)35(63)24(3)78-50)18-17-57(7)27(34(26)59)9-10-32-55(5)14-13-33(56(6,22-61)31(55)12-15-58(32,57)8)82-53-48(37(65)28(62)20-76-53)84-51-44(72)40(68)36(64)25(4)79-51/h24-53,60-74H,1,9-22H2,2-8H3/t24-,25-,26-,27+,28-,29+,30+,31+,32+,33-,34-,35-,36-,37-,38+,39+,40+,41-,42+,43+,44+,45+,46+,47+,48+,49+,50-,51-,52-,53-,55-,56-,57+,58+,59-/m0/s1. The quantitative estimate of drug-likeness (QED) is 0.0478. The van der Waals surface area contributed by atoms with Gasteiger partial charge in [0.1, 0.15) is 104 Å². The highest BCUT2D eigenvalue weighted by Crippen LogP contribution is 2.78. The summed E-state index contributed by atoms with van der Waals surface area (Å²) in [6.07, 6.45) is -31.6. The lowest BCUT2D eigenvalue weighted by atomic mass is 9.32. The third-order valence-corrected chi connectivity index (χ3v) is 23.6. The maximum absolute atomic E-state index is 15.2. The number of carbonyl (C=O) groups excluding carboxylic acids is 1. The van der Waals surface area contributed by atoms with E-state index in [0.29, 0.717) is 38.5 Å². The van der Waals surface area contributed by atoms with Crippen molar-refractivity contribution in [3.63, 3.8) is 0 Å². The highest BCUT2D eigenvalue weighted by atomic mass is 16.8. The molecule has 0 radical (unpaired) electrons. The third-order valence-electron chi connectivity index (χ3n) is 23.6. The molecule has 0 aromatic carbocycles. The zero-order chi connectivity index (χ0) is 61.9. The van der Waals surface area contributed by atoms with Crippen molar-refractivity contribution in [3.8, 4) is 0 Å². The summed E-state index contributed by atoms with van der Waals surface area (Å²) in [6, 6.07) is 0. The number of aliphatic hydroxyl groups is 15. The third kappa shape index (κ3) is 10.9. The molecule has 488 valence electrons. The van der Waals surface area contributed by atoms with Crippen molar-refractivity contribution in [1.29, 1.82) is 0 Å². The lowest BCUT2D eigenvalue weighted by Gasteiger charge is -2.73. The second kappa shape index (κ2) is 24.7. The first-order valence-electron chi connectivity index (χ1n) is 30.7. The number of carbonyl (C=O) groups is 1. The van der Waals surface area contributed by atoms with Crippen LogP contribution in [0.2, 0.25) is 0 Å². The molecular formula is C59H96O26. The molecule has 5 saturated heterocycles. The van der Waals surface area contributed by atoms with E-state index in [1.54, 1.807) is 0 Å². The molecule has 15 N–H and O–H groups in total. The van der Waals surface area contributed by atoms with Crippen LogP contribution in [0.25, 0.3) is 0 Å². The second-order valence-electron chi connectivity index (χ2n) is 28.0. The Morgan fingerprint density at radius 3 is 1.74 bits per heavy atom. The maximum Gasteiger partial charge on any atom is 0.314 e. The Balaban J connectivity index is 0.820. The summed E-state index contributed by atoms with van der Waals surface area (Å²) >= 11 is 0. The average molecular weight is 1220 g/mol. The highest BCUT2D eigenvalue weighted by molar-refractivity contribution is 5.78. The largest absolute Gasteiger partial charge is 0.432 e. The molecule has 10 aliphatic rings. The fourth-order valence-corrected chi connectivity index (χ4v) is 18.4. The van der Waals surface area contributed by atoms with Gasteiger partial charge in [-0.3, -0.25) is 4.79 Å². The van der Waals surface area contributed by atoms with Crippen molar-refractivity contribution in [3.05, 3.63) is 12.2 Å². The van der Waals surface area contributed by atoms with Gasteiger partial charge >= 0.3 is 5.97 Å². The Kier molecular flexibility index (Phi) is 19.2. The molecule has 5 aliphatic carbocycles. The van der Waals surface area contributed by atoms with Crippen LogP contribution in [0.15, 0.2) is 12.2 Å². The van der Waals surface area contributed by atoms with Gasteiger partial charge in [0.2, 0.25) is 6.29 Å². The van der Waals surface area contributed by atoms with Crippen molar-refractivity contribution >= 4 is 5.97 Å². The second-order valence-corrected chi connectivity index (χ2v) is 28.0. The van der Waals surface area contributed by atoms with Gasteiger partial charge in [0, 0.05) is 5.41 Å². The summed E-state index contributed by atoms with van der Waals surface area (Å²) in [6.45, 7) is 16.5. The normalized spacial score (nSPS) is 56.3. The van der Waals surface area contributed by atoms with Crippen LogP contribution in [0.5, 0.6) is 0 Å². The predicted octanol–water partition coefficient (Wildman–Crippen LogP) is -2.69. The van der Waals surface area contributed by atoms with E-state index in [1.165, 1.54) is 13.8 Å². The van der Waals surface area contributed by atoms with Gasteiger partial charge in [-0.2, -0.15) is 0 Å². The Bertz CT molecular complexity index is 2340. The predicted molar refractivity (Wildman–Crippen MR) is 288 cm³/mol. The molecule has 10 rings (SSSR count). The van der Waals surface area contributed by atoms with E-state index in [-0.39, 0.29) is 59.0 Å². The van der Waals surface area contributed by atoms with Gasteiger partial charge in [0.15, 0.2) is 25.2 Å². The van der Waals surface area contributed by atoms with E-state index in [4.69, 9.17) is 47.4 Å². The maximum atomic E-state index is 15.2. The molecule has 5 saturated carbocycles. The van der Waals surface area contributed by atoms with E-state index in [2.05, 4.69) is 27.4 Å². The van der Waals surface area contributed by atoms with Crippen molar-refractivity contribution < 1.29 is 129 Å². The molecule has 0 spiro atoms. The first-order chi connectivity index (χ1) is 39.9. The highest BCUT2D eigenvalue weighted by Gasteiger charge is 2.73. The summed E-state index contributed by atoms with van der Waals surface area (Å²) in [4.78, 5) is 15.2. The molecule has 5 aliphatic heterocycles. The fourth-order valence-electron chi connectivity index (χ4n) is 18.4. The Labute approximate surface area is 494 Å². The first-order valence-corrected chi connectivity index (χ1v) is 30.7. The van der Waals surface area contributed by atoms with Gasteiger partial charge in [-0.05, 0) is 131 Å². The summed E-state index contributed by atoms with van der Waals surface area (Å²) in [7, 11) is 0. The van der Waals surface area contributed by atoms with Crippen molar-refractivity contribution in [2.24, 2.45) is 56.7 Å². The summed E-state index contributed by atoms with van der Waals surface area (Å²) < 4.78 is 59.5. The minimum absolute atomic E-state index is 0.0172. The number of rotatable bonds is 14. The van der Waals surface area contributed by atoms with Crippen LogP contribution in [-0.2, 0) is 52.2 Å². The number of hydrogen-bond acceptors (Lipinski definition) is 26. The number of esters is 1. The van der Waals surface area contributed by atoms with E-state index in [1.807, 2.05) is 13.8 Å². The Morgan fingerprint density at radius 1 is 0.541 bits per heavy atom. The van der Waals surface area contributed by atoms with Gasteiger partial charge < -0.3 is 124 Å². The van der Waals surface area contributed by atoms with Crippen molar-refractivity contribution in [2.75, 3.05) is 26.4 Å². The van der Waals surface area contributed by atoms with Crippen LogP contribution in [0.3, 0.4) is 0 Å². The lowest BCUT2D eigenvalue weighted by Crippen LogP contribution is -2.68. The first kappa shape index (κ1) is 66.2. The van der Waals surface area contributed by atoms with Gasteiger partial charge in [-0.1, -0.05) is 39.8 Å². The van der Waals surface area contributed by atoms with Crippen LogP contribution >= 0.6 is 0 Å². The van der Waals surface area contributed by atoms with Crippen LogP contribution in [0.4, 0.5) is 0 Å². The van der Waals surface area contributed by atoms with Crippen LogP contribution in [0, 0.1) is 56.7 Å². The smallest absolute Gasteiger partial charge is 0.314 e. The molecule has 5 heterocycles. The zero-order valence-electron chi connectivity index (χ0n) is 49.6. The van der Waals surface area contributed by atoms with E-state index < -0.39 is 184 Å². The topological polar surface area (TPSA) is 413 Å². The number of hydrogen-bond donors (Lipinski definition) is 15. The van der Waals surface area contributed by atoms with Gasteiger partial charge in [-0.25, -0.2) is 0 Å². The van der Waals surface area contributed by atoms with E-state index in [9.17, 15) is 76.6 Å². The van der Waals surface area contributed by atoms with Crippen molar-refractivity contribution in [1.82, 2.24) is 0 Å². The number of ether oxygens (including phenoxy) is 10. The minimum Gasteiger partial charge on any atom is -0.432 e. The molecule has 26 heteroatoms. The van der Waals surface area contributed by atoms with Crippen LogP contribution in [0.1, 0.15) is 113 Å². The van der Waals surface area contributed by atoms with Crippen LogP contribution < -0.4 is 0 Å². The van der Waals surface area contributed by atoms with Crippen LogP contribution in [-0.4, -0.2) is 263 Å². The molecule has 0 amide bonds. The van der Waals surface area contributed by atoms with E-state index >= 15 is 4.79 Å². The average Bonchev–Trinajstić information content (AvgIpc) is 1.62. The molecular weight excluding hydrogens is 1120 g/mol. The molecule has 0 aromatic heterocycles. The number of aliphatic hydroxyl groups excluding tert-OH is 15. The lowest BCUT2D eigenvalue weighted by molar-refractivity contribution is -0.366. The summed E-state index contributed by atoms with van der Waals surface area (Å²) in [5.74, 6) is -0.760. The molecule has 10 fully saturated rings. The molecule has 0 unspecified atom stereocenters. The summed E-state index contributed by atoms with van der Waals surface area (Å²) in [5, 5.41) is 163. The van der Waals surface area contributed by atoms with E-state index in [0.717, 1.165) is 31.3 Å². The zero-order valence-corrected chi connectivity index (χ0v) is 49.6. The SMILES string of the molecule is C=C(C)[C@@H]1CC[C@]2(C(=O)O[C@@H]3O[C@H](CO[C@@H]4O[C@H](CO)[C@@H](O[C@@H]5O[C@@H](C)[C@H](O)[C@@H](O)[C@H]5O)[C@H](O)[C@H]4O)[C@@H](O)[C@H](O)[C@H]3O)CC[C@]3(C)[C@H](CC[C@@H]4[C@@]5(C)CC[C@H](O[C@@H]6OC[C@H](O)[C@H](O)[C@H]6O[C@@H]6O[C@@H](C)[C@H](O)[C@@H](O)[C@H]6O)[C@@](C)(CO)[C@@H]5CC[C@]43C)[C@H]12. The monoisotopic (exact) mass is 1220 g/mol. The number of allylic oxidation sites excluding steroid dienone is 1. The Morgan fingerprint density at radius 2 is 1.13 bits per heavy atom. The van der Waals surface area contributed by atoms with Gasteiger partial charge in [0.05, 0.1) is 50.2 Å². The minimum atomic E-state index is -1.90. The molecule has 35 atom stereocenters. The molecule has 85 heavy (non-hydrogen) atoms.